The molecular weight excluding hydrogens is 742 g/mol. The molecule has 3 N–H and O–H groups in total. The number of cyclic esters (lactones) is 1. The first kappa shape index (κ1) is 47.9. The van der Waals surface area contributed by atoms with Gasteiger partial charge in [0.2, 0.25) is 0 Å². The summed E-state index contributed by atoms with van der Waals surface area (Å²) in [4.78, 5) is 60.4. The Bertz CT molecular complexity index is 1430. The number of amides is 2. The van der Waals surface area contributed by atoms with E-state index in [-0.39, 0.29) is 25.1 Å². The molecule has 57 heavy (non-hydrogen) atoms. The number of fused-ring (bicyclic) bond motifs is 1. The molecule has 3 saturated heterocycles. The van der Waals surface area contributed by atoms with Gasteiger partial charge < -0.3 is 49.1 Å². The normalized spacial score (nSPS) is 36.9. The van der Waals surface area contributed by atoms with Crippen LogP contribution in [-0.4, -0.2) is 153 Å². The maximum Gasteiger partial charge on any atom is 0.410 e. The third-order valence-electron chi connectivity index (χ3n) is 11.7. The fourth-order valence-corrected chi connectivity index (χ4v) is 8.57. The number of methoxy groups -OCH3 is 1. The molecule has 0 saturated carbocycles. The van der Waals surface area contributed by atoms with Crippen molar-refractivity contribution in [1.82, 2.24) is 20.4 Å². The third-order valence-corrected chi connectivity index (χ3v) is 11.7. The van der Waals surface area contributed by atoms with Gasteiger partial charge >= 0.3 is 18.2 Å². The van der Waals surface area contributed by atoms with E-state index < -0.39 is 89.8 Å². The topological polar surface area (TPSA) is 223 Å². The second-order valence-electron chi connectivity index (χ2n) is 16.3. The standard InChI is InChI=1S/C39H67N7O11/c1-12-18-53-36(50)42-22-27-19-28(45(9)10)31(48)35(54-27)56-33-24(4)30(47)25(5)34(49)55-29(13-2)39(8)32(26(6)41-21-23(3)20-38(33,7)52-11)46(37(51)57-39)17-15-14-16-43-44-40/h12,23-29,31-33,35,41,48H,1,13-22H2,2-11H3,(H,42,50)/t23-,24+,25-,26-,27+,28?,29-,31-,32-,33-,35+,38-,39-/m1/s1. The van der Waals surface area contributed by atoms with Crippen LogP contribution in [0.2, 0.25) is 0 Å². The van der Waals surface area contributed by atoms with Gasteiger partial charge in [0.15, 0.2) is 17.7 Å². The lowest BCUT2D eigenvalue weighted by Gasteiger charge is -2.47. The van der Waals surface area contributed by atoms with Crippen molar-refractivity contribution in [2.75, 3.05) is 54.0 Å². The minimum atomic E-state index is -1.27. The van der Waals surface area contributed by atoms with Gasteiger partial charge in [0.25, 0.3) is 0 Å². The highest BCUT2D eigenvalue weighted by Crippen LogP contribution is 2.40. The van der Waals surface area contributed by atoms with Gasteiger partial charge in [-0.1, -0.05) is 38.5 Å². The number of hydrogen-bond donors (Lipinski definition) is 3. The lowest BCUT2D eigenvalue weighted by atomic mass is 9.78. The molecule has 18 heteroatoms. The van der Waals surface area contributed by atoms with E-state index >= 15 is 0 Å². The quantitative estimate of drug-likeness (QED) is 0.0331. The molecule has 3 heterocycles. The van der Waals surface area contributed by atoms with E-state index in [0.29, 0.717) is 51.7 Å². The van der Waals surface area contributed by atoms with E-state index in [1.165, 1.54) is 20.1 Å². The fourth-order valence-electron chi connectivity index (χ4n) is 8.57. The van der Waals surface area contributed by atoms with Crippen LogP contribution in [0.5, 0.6) is 0 Å². The summed E-state index contributed by atoms with van der Waals surface area (Å²) in [6.07, 6.45) is -2.46. The van der Waals surface area contributed by atoms with Gasteiger partial charge in [-0.25, -0.2) is 9.59 Å². The fraction of sp³-hybridized carbons (Fsp3) is 0.846. The molecule has 0 aliphatic carbocycles. The molecular formula is C39H67N7O11. The number of aliphatic hydroxyl groups excluding tert-OH is 1. The highest BCUT2D eigenvalue weighted by Gasteiger charge is 2.58. The molecule has 3 rings (SSSR count). The monoisotopic (exact) mass is 809 g/mol. The highest BCUT2D eigenvalue weighted by atomic mass is 16.7. The van der Waals surface area contributed by atoms with Gasteiger partial charge in [-0.2, -0.15) is 0 Å². The van der Waals surface area contributed by atoms with Crippen LogP contribution in [0.1, 0.15) is 80.6 Å². The van der Waals surface area contributed by atoms with Crippen molar-refractivity contribution in [3.05, 3.63) is 23.1 Å². The van der Waals surface area contributed by atoms with Crippen molar-refractivity contribution in [1.29, 1.82) is 0 Å². The van der Waals surface area contributed by atoms with Crippen molar-refractivity contribution < 1.29 is 52.7 Å². The van der Waals surface area contributed by atoms with Crippen LogP contribution in [0, 0.1) is 17.8 Å². The van der Waals surface area contributed by atoms with Crippen molar-refractivity contribution in [3.63, 3.8) is 0 Å². The number of ketones is 1. The molecule has 0 aromatic heterocycles. The summed E-state index contributed by atoms with van der Waals surface area (Å²) >= 11 is 0. The van der Waals surface area contributed by atoms with Crippen LogP contribution in [0.3, 0.4) is 0 Å². The summed E-state index contributed by atoms with van der Waals surface area (Å²) < 4.78 is 36.5. The molecule has 1 unspecified atom stereocenters. The molecule has 3 aliphatic rings. The molecule has 0 aromatic carbocycles. The Kier molecular flexibility index (Phi) is 18.0. The first-order valence-electron chi connectivity index (χ1n) is 20.1. The molecule has 0 bridgehead atoms. The van der Waals surface area contributed by atoms with E-state index in [2.05, 4.69) is 27.2 Å². The van der Waals surface area contributed by atoms with Crippen LogP contribution in [0.4, 0.5) is 9.59 Å². The number of Topliss-reactive ketones (excluding diaryl/α,β-unsaturated/α-hetero) is 1. The predicted octanol–water partition coefficient (Wildman–Crippen LogP) is 3.95. The predicted molar refractivity (Wildman–Crippen MR) is 210 cm³/mol. The zero-order valence-corrected chi connectivity index (χ0v) is 35.5. The number of unbranched alkanes of at least 4 members (excludes halogenated alkanes) is 1. The van der Waals surface area contributed by atoms with Crippen molar-refractivity contribution in [3.8, 4) is 0 Å². The summed E-state index contributed by atoms with van der Waals surface area (Å²) in [7, 11) is 5.17. The largest absolute Gasteiger partial charge is 0.458 e. The number of esters is 1. The Hall–Kier alpha value is -3.51. The maximum absolute atomic E-state index is 14.4. The number of azide groups is 1. The second-order valence-corrected chi connectivity index (χ2v) is 16.3. The molecule has 3 aliphatic heterocycles. The number of ether oxygens (including phenoxy) is 6. The van der Waals surface area contributed by atoms with Crippen molar-refractivity contribution >= 4 is 23.9 Å². The van der Waals surface area contributed by atoms with Crippen LogP contribution in [0.25, 0.3) is 10.4 Å². The minimum Gasteiger partial charge on any atom is -0.458 e. The second kappa shape index (κ2) is 21.5. The zero-order valence-electron chi connectivity index (χ0n) is 35.5. The summed E-state index contributed by atoms with van der Waals surface area (Å²) in [6, 6.07) is -1.34. The van der Waals surface area contributed by atoms with Crippen molar-refractivity contribution in [2.45, 2.75) is 141 Å². The van der Waals surface area contributed by atoms with E-state index in [9.17, 15) is 24.3 Å². The zero-order chi connectivity index (χ0) is 42.7. The van der Waals surface area contributed by atoms with E-state index in [4.69, 9.17) is 34.0 Å². The van der Waals surface area contributed by atoms with Crippen molar-refractivity contribution in [2.24, 2.45) is 22.9 Å². The number of nitrogens with zero attached hydrogens (tertiary/aromatic N) is 5. The lowest BCUT2D eigenvalue weighted by Crippen LogP contribution is -2.61. The van der Waals surface area contributed by atoms with Crippen LogP contribution in [-0.2, 0) is 38.0 Å². The SMILES string of the molecule is C=CCOC(=O)NC[C@@H]1CC(N(C)C)[C@@H](O)[C@H](O[C@@H]2[C@@H](C)C(=O)[C@@H](C)C(=O)O[C@H](CC)[C@@]3(C)OC(=O)N(CCCCN=[N+]=[N-])[C@@H]3[C@@H](C)NC[C@H](C)C[C@@]2(C)OC)O1. The number of likely N-dealkylation sites (N-methyl/N-ethyl adjacent to an activating group) is 1. The first-order chi connectivity index (χ1) is 26.9. The minimum absolute atomic E-state index is 0.0380. The van der Waals surface area contributed by atoms with Crippen LogP contribution >= 0.6 is 0 Å². The van der Waals surface area contributed by atoms with Crippen LogP contribution in [0.15, 0.2) is 17.8 Å². The number of carbonyl (C=O) groups is 4. The Balaban J connectivity index is 2.00. The average Bonchev–Trinajstić information content (AvgIpc) is 3.44. The van der Waals surface area contributed by atoms with Gasteiger partial charge in [0.1, 0.15) is 24.7 Å². The molecule has 18 nitrogen and oxygen atoms in total. The molecule has 13 atom stereocenters. The Morgan fingerprint density at radius 1 is 1.21 bits per heavy atom. The molecule has 0 aromatic rings. The molecule has 2 amide bonds. The average molecular weight is 810 g/mol. The number of hydrogen-bond acceptors (Lipinski definition) is 14. The third kappa shape index (κ3) is 11.8. The summed E-state index contributed by atoms with van der Waals surface area (Å²) in [5, 5.41) is 21.5. The summed E-state index contributed by atoms with van der Waals surface area (Å²) in [5.41, 5.74) is 6.27. The van der Waals surface area contributed by atoms with E-state index in [1.54, 1.807) is 18.7 Å². The van der Waals surface area contributed by atoms with Gasteiger partial charge in [-0.05, 0) is 91.9 Å². The van der Waals surface area contributed by atoms with E-state index in [1.807, 2.05) is 46.7 Å². The molecule has 0 radical (unpaired) electrons. The Morgan fingerprint density at radius 2 is 1.91 bits per heavy atom. The molecule has 0 spiro atoms. The Labute approximate surface area is 337 Å². The first-order valence-corrected chi connectivity index (χ1v) is 20.1. The number of nitrogens with one attached hydrogen (secondary N) is 2. The number of carbonyl (C=O) groups excluding carboxylic acids is 4. The van der Waals surface area contributed by atoms with Gasteiger partial charge in [-0.15, -0.1) is 0 Å². The summed E-state index contributed by atoms with van der Waals surface area (Å²) in [6.45, 7) is 17.3. The summed E-state index contributed by atoms with van der Waals surface area (Å²) in [5.74, 6) is -3.54. The number of aliphatic hydroxyl groups is 1. The van der Waals surface area contributed by atoms with E-state index in [0.717, 1.165) is 0 Å². The lowest BCUT2D eigenvalue weighted by molar-refractivity contribution is -0.296. The molecule has 324 valence electrons. The number of alkyl carbamates (subject to hydrolysis) is 1. The number of rotatable bonds is 14. The van der Waals surface area contributed by atoms with Gasteiger partial charge in [-0.3, -0.25) is 14.5 Å². The Morgan fingerprint density at radius 3 is 2.53 bits per heavy atom. The smallest absolute Gasteiger partial charge is 0.410 e. The maximum atomic E-state index is 14.4. The molecule has 3 fully saturated rings. The highest BCUT2D eigenvalue weighted by molar-refractivity contribution is 6.00. The van der Waals surface area contributed by atoms with Crippen LogP contribution < -0.4 is 10.6 Å². The van der Waals surface area contributed by atoms with Gasteiger partial charge in [0.05, 0.1) is 23.9 Å². The van der Waals surface area contributed by atoms with Gasteiger partial charge in [0, 0.05) is 49.7 Å².